The van der Waals surface area contributed by atoms with Crippen LogP contribution in [0.25, 0.3) is 44.7 Å². The van der Waals surface area contributed by atoms with Crippen LogP contribution in [0.5, 0.6) is 0 Å². The molecule has 2 saturated heterocycles. The number of carbonyl (C=O) groups excluding carboxylic acids is 1. The fourth-order valence-electron chi connectivity index (χ4n) is 8.77. The van der Waals surface area contributed by atoms with Crippen LogP contribution in [0.1, 0.15) is 48.5 Å². The van der Waals surface area contributed by atoms with Gasteiger partial charge in [0.2, 0.25) is 0 Å². The molecule has 0 radical (unpaired) electrons. The van der Waals surface area contributed by atoms with Gasteiger partial charge in [-0.3, -0.25) is 0 Å². The minimum absolute atomic E-state index is 0.182. The van der Waals surface area contributed by atoms with E-state index in [9.17, 15) is 26.4 Å². The Bertz CT molecular complexity index is 2970. The first-order valence-corrected chi connectivity index (χ1v) is 24.2. The Morgan fingerprint density at radius 1 is 0.657 bits per heavy atom. The number of carbonyl (C=O) groups is 1. The smallest absolute Gasteiger partial charge is 0.444 e. The van der Waals surface area contributed by atoms with E-state index in [0.29, 0.717) is 41.9 Å². The van der Waals surface area contributed by atoms with Crippen molar-refractivity contribution in [1.29, 1.82) is 0 Å². The fraction of sp³-hybridized carbons (Fsp3) is 0.354. The van der Waals surface area contributed by atoms with Crippen molar-refractivity contribution in [2.75, 3.05) is 36.0 Å². The van der Waals surface area contributed by atoms with Gasteiger partial charge in [-0.2, -0.15) is 23.4 Å². The number of aromatic nitrogens is 6. The number of nitrogens with one attached hydrogen (secondary N) is 1. The van der Waals surface area contributed by atoms with Crippen LogP contribution in [0, 0.1) is 0 Å². The molecule has 2 aliphatic rings. The van der Waals surface area contributed by atoms with Gasteiger partial charge in [-0.05, 0) is 117 Å². The molecule has 3 aromatic carbocycles. The summed E-state index contributed by atoms with van der Waals surface area (Å²) in [4.78, 5) is 27.3. The van der Waals surface area contributed by atoms with E-state index in [2.05, 4.69) is 115 Å². The molecule has 9 rings (SSSR count). The summed E-state index contributed by atoms with van der Waals surface area (Å²) >= 11 is 3.46. The maximum absolute atomic E-state index is 12.8. The summed E-state index contributed by atoms with van der Waals surface area (Å²) in [5.41, 5.74) is 2.77. The van der Waals surface area contributed by atoms with Gasteiger partial charge in [-0.25, -0.2) is 32.2 Å². The average molecular weight is 1000 g/mol. The minimum atomic E-state index is -5.40. The number of nitrogens with zero attached hydrogens (tertiary/aromatic N) is 9. The fourth-order valence-corrected chi connectivity index (χ4v) is 9.91. The van der Waals surface area contributed by atoms with Gasteiger partial charge in [-0.1, -0.05) is 36.4 Å². The topological polar surface area (TPSA) is 143 Å². The number of hydrogen-bond donors (Lipinski definition) is 1. The highest BCUT2D eigenvalue weighted by Gasteiger charge is 2.46. The van der Waals surface area contributed by atoms with Gasteiger partial charge in [0.15, 0.2) is 11.3 Å². The van der Waals surface area contributed by atoms with Gasteiger partial charge in [0.25, 0.3) is 9.84 Å². The number of halogens is 4. The Morgan fingerprint density at radius 3 is 1.63 bits per heavy atom. The van der Waals surface area contributed by atoms with E-state index in [4.69, 9.17) is 4.74 Å². The number of sulfone groups is 1. The van der Waals surface area contributed by atoms with Gasteiger partial charge in [0.05, 0.1) is 21.8 Å². The molecule has 0 spiro atoms. The summed E-state index contributed by atoms with van der Waals surface area (Å²) in [6.07, 6.45) is 10.4. The predicted molar refractivity (Wildman–Crippen MR) is 257 cm³/mol. The standard InChI is InChI=1S/C25H24F3N5O2S.C23H28BrN5O2/c1-16-11-29-12-17(2)33(16)21-7-3-18(4-8-21)20-13-30-24-23(14-31-32(24)15-20)19-5-9-22(10-6-19)36(34,35)25(26,27)28;1-15-12-27(22(30)31-23(3,4)5)13-16(2)29(15)19-8-6-17(7-9-19)18-10-25-21-20(24)11-26-28(21)14-18/h3-10,13-17,29H,11-12H2,1-2H3;6-11,14-16H,12-13H2,1-5H3/t16-,17+;15-,16+. The molecule has 352 valence electrons. The predicted octanol–water partition coefficient (Wildman–Crippen LogP) is 9.54. The molecule has 4 atom stereocenters. The minimum Gasteiger partial charge on any atom is -0.444 e. The molecule has 6 heterocycles. The lowest BCUT2D eigenvalue weighted by Gasteiger charge is -2.45. The number of benzene rings is 3. The van der Waals surface area contributed by atoms with Crippen LogP contribution in [-0.4, -0.2) is 110 Å². The Kier molecular flexibility index (Phi) is 13.1. The van der Waals surface area contributed by atoms with Crippen molar-refractivity contribution >= 4 is 54.5 Å². The second-order valence-electron chi connectivity index (χ2n) is 18.1. The summed E-state index contributed by atoms with van der Waals surface area (Å²) < 4.78 is 71.5. The molecule has 2 aliphatic heterocycles. The Balaban J connectivity index is 0.000000184. The van der Waals surface area contributed by atoms with Crippen molar-refractivity contribution in [3.05, 3.63) is 114 Å². The van der Waals surface area contributed by atoms with Gasteiger partial charge in [0, 0.05) is 103 Å². The van der Waals surface area contributed by atoms with Gasteiger partial charge < -0.3 is 24.8 Å². The Hall–Kier alpha value is -6.05. The SMILES string of the molecule is C[C@@H]1CN(C(=O)OC(C)(C)C)C[C@H](C)N1c1ccc(-c2cnc3c(Br)cnn3c2)cc1.C[C@@H]1CNC[C@H](C)N1c1ccc(-c2cnc3c(-c4ccc(S(=O)(=O)C(F)(F)F)cc4)cnn3c2)cc1. The molecule has 0 saturated carbocycles. The van der Waals surface area contributed by atoms with Crippen LogP contribution >= 0.6 is 15.9 Å². The number of hydrogen-bond acceptors (Lipinski definition) is 11. The lowest BCUT2D eigenvalue weighted by atomic mass is 10.0. The quantitative estimate of drug-likeness (QED) is 0.170. The normalized spacial score (nSPS) is 19.4. The van der Waals surface area contributed by atoms with Crippen molar-refractivity contribution in [3.8, 4) is 33.4 Å². The first-order chi connectivity index (χ1) is 31.7. The summed E-state index contributed by atoms with van der Waals surface area (Å²) in [5.74, 6) is 0. The van der Waals surface area contributed by atoms with Crippen molar-refractivity contribution in [2.24, 2.45) is 0 Å². The monoisotopic (exact) mass is 1000 g/mol. The van der Waals surface area contributed by atoms with Crippen LogP contribution in [-0.2, 0) is 14.6 Å². The highest BCUT2D eigenvalue weighted by atomic mass is 79.9. The number of amides is 1. The van der Waals surface area contributed by atoms with Crippen LogP contribution in [0.15, 0.2) is 119 Å². The summed E-state index contributed by atoms with van der Waals surface area (Å²) in [6.45, 7) is 17.5. The summed E-state index contributed by atoms with van der Waals surface area (Å²) in [6, 6.07) is 22.4. The highest BCUT2D eigenvalue weighted by Crippen LogP contribution is 2.34. The second kappa shape index (κ2) is 18.6. The first kappa shape index (κ1) is 47.4. The number of rotatable bonds is 6. The van der Waals surface area contributed by atoms with Crippen LogP contribution < -0.4 is 15.1 Å². The first-order valence-electron chi connectivity index (χ1n) is 21.9. The second-order valence-corrected chi connectivity index (χ2v) is 20.9. The maximum atomic E-state index is 12.8. The van der Waals surface area contributed by atoms with Crippen molar-refractivity contribution in [2.45, 2.75) is 88.6 Å². The van der Waals surface area contributed by atoms with Crippen molar-refractivity contribution in [3.63, 3.8) is 0 Å². The largest absolute Gasteiger partial charge is 0.501 e. The zero-order valence-corrected chi connectivity index (χ0v) is 40.5. The molecular weight excluding hydrogens is 950 g/mol. The lowest BCUT2D eigenvalue weighted by molar-refractivity contribution is -0.0436. The number of ether oxygens (including phenoxy) is 1. The van der Waals surface area contributed by atoms with Crippen LogP contribution in [0.2, 0.25) is 0 Å². The van der Waals surface area contributed by atoms with Gasteiger partial charge in [0.1, 0.15) is 5.60 Å². The summed E-state index contributed by atoms with van der Waals surface area (Å²) in [7, 11) is -5.40. The van der Waals surface area contributed by atoms with Crippen molar-refractivity contribution in [1.82, 2.24) is 39.4 Å². The van der Waals surface area contributed by atoms with Gasteiger partial charge >= 0.3 is 11.6 Å². The Labute approximate surface area is 395 Å². The highest BCUT2D eigenvalue weighted by molar-refractivity contribution is 9.10. The zero-order valence-electron chi connectivity index (χ0n) is 38.1. The lowest BCUT2D eigenvalue weighted by Crippen LogP contribution is -2.58. The van der Waals surface area contributed by atoms with E-state index in [0.717, 1.165) is 69.0 Å². The van der Waals surface area contributed by atoms with E-state index in [1.54, 1.807) is 27.6 Å². The number of alkyl halides is 3. The molecule has 67 heavy (non-hydrogen) atoms. The maximum Gasteiger partial charge on any atom is 0.501 e. The van der Waals surface area contributed by atoms with E-state index < -0.39 is 25.8 Å². The molecule has 19 heteroatoms. The van der Waals surface area contributed by atoms with E-state index in [-0.39, 0.29) is 18.2 Å². The number of anilines is 2. The van der Waals surface area contributed by atoms with Crippen LogP contribution in [0.3, 0.4) is 0 Å². The molecule has 0 unspecified atom stereocenters. The third-order valence-electron chi connectivity index (χ3n) is 11.8. The molecule has 4 aromatic heterocycles. The average Bonchev–Trinajstić information content (AvgIpc) is 3.88. The molecule has 0 aliphatic carbocycles. The third-order valence-corrected chi connectivity index (χ3v) is 13.9. The van der Waals surface area contributed by atoms with Crippen molar-refractivity contribution < 1.29 is 31.1 Å². The van der Waals surface area contributed by atoms with E-state index in [1.165, 1.54) is 12.1 Å². The molecular formula is C48H52BrF3N10O4S. The Morgan fingerprint density at radius 2 is 1.12 bits per heavy atom. The van der Waals surface area contributed by atoms with Gasteiger partial charge in [-0.15, -0.1) is 0 Å². The molecule has 2 fully saturated rings. The number of fused-ring (bicyclic) bond motifs is 2. The van der Waals surface area contributed by atoms with E-state index in [1.807, 2.05) is 56.4 Å². The molecule has 1 amide bonds. The third kappa shape index (κ3) is 9.99. The van der Waals surface area contributed by atoms with Crippen LogP contribution in [0.4, 0.5) is 29.3 Å². The zero-order chi connectivity index (χ0) is 48.0. The van der Waals surface area contributed by atoms with E-state index >= 15 is 0 Å². The molecule has 0 bridgehead atoms. The number of piperazine rings is 2. The molecule has 1 N–H and O–H groups in total. The molecule has 7 aromatic rings. The summed E-state index contributed by atoms with van der Waals surface area (Å²) in [5, 5.41) is 12.1. The molecule has 14 nitrogen and oxygen atoms in total.